The number of anilines is 3. The van der Waals surface area contributed by atoms with E-state index in [0.717, 1.165) is 37.2 Å². The molecule has 1 amide bonds. The minimum atomic E-state index is 0.103. The normalized spacial score (nSPS) is 18.7. The summed E-state index contributed by atoms with van der Waals surface area (Å²) in [6, 6.07) is 16.6. The first kappa shape index (κ1) is 15.0. The van der Waals surface area contributed by atoms with Crippen molar-refractivity contribution in [1.29, 1.82) is 0 Å². The molecule has 2 aromatic carbocycles. The molecule has 1 N–H and O–H groups in total. The summed E-state index contributed by atoms with van der Waals surface area (Å²) >= 11 is 0. The fourth-order valence-electron chi connectivity index (χ4n) is 3.71. The van der Waals surface area contributed by atoms with E-state index in [1.807, 2.05) is 18.2 Å². The molecule has 4 rings (SSSR count). The van der Waals surface area contributed by atoms with Crippen LogP contribution in [0.4, 0.5) is 17.1 Å². The van der Waals surface area contributed by atoms with Crippen LogP contribution in [0.1, 0.15) is 24.8 Å². The molecule has 1 aliphatic heterocycles. The summed E-state index contributed by atoms with van der Waals surface area (Å²) in [5.41, 5.74) is 4.60. The zero-order valence-electron chi connectivity index (χ0n) is 13.7. The Kier molecular flexibility index (Phi) is 4.08. The molecule has 0 saturated heterocycles. The number of hydrogen-bond donors (Lipinski definition) is 1. The van der Waals surface area contributed by atoms with Gasteiger partial charge in [-0.3, -0.25) is 4.79 Å². The summed E-state index contributed by atoms with van der Waals surface area (Å²) in [4.78, 5) is 14.7. The molecule has 2 aliphatic rings. The average molecular weight is 318 g/mol. The van der Waals surface area contributed by atoms with E-state index in [0.29, 0.717) is 12.3 Å². The summed E-state index contributed by atoms with van der Waals surface area (Å²) < 4.78 is 0. The van der Waals surface area contributed by atoms with E-state index in [-0.39, 0.29) is 5.91 Å². The quantitative estimate of drug-likeness (QED) is 0.830. The Morgan fingerprint density at radius 2 is 1.88 bits per heavy atom. The highest BCUT2D eigenvalue weighted by atomic mass is 16.1. The molecular weight excluding hydrogens is 296 g/mol. The summed E-state index contributed by atoms with van der Waals surface area (Å²) in [5, 5.41) is 3.13. The van der Waals surface area contributed by atoms with E-state index in [1.165, 1.54) is 11.3 Å². The predicted octanol–water partition coefficient (Wildman–Crippen LogP) is 4.68. The monoisotopic (exact) mass is 318 g/mol. The van der Waals surface area contributed by atoms with Crippen molar-refractivity contribution in [3.63, 3.8) is 0 Å². The number of carbonyl (C=O) groups excluding carboxylic acids is 1. The van der Waals surface area contributed by atoms with Gasteiger partial charge in [-0.05, 0) is 48.9 Å². The molecule has 3 nitrogen and oxygen atoms in total. The molecule has 3 heteroatoms. The second-order valence-corrected chi connectivity index (χ2v) is 6.57. The average Bonchev–Trinajstić information content (AvgIpc) is 3.25. The van der Waals surface area contributed by atoms with Gasteiger partial charge in [0.05, 0.1) is 11.4 Å². The van der Waals surface area contributed by atoms with Gasteiger partial charge in [0.2, 0.25) is 5.91 Å². The zero-order valence-corrected chi connectivity index (χ0v) is 13.7. The largest absolute Gasteiger partial charge is 0.339 e. The second kappa shape index (κ2) is 6.52. The van der Waals surface area contributed by atoms with E-state index >= 15 is 0 Å². The van der Waals surface area contributed by atoms with Crippen LogP contribution in [0.25, 0.3) is 0 Å². The van der Waals surface area contributed by atoms with Crippen molar-refractivity contribution in [2.45, 2.75) is 25.7 Å². The molecule has 0 saturated carbocycles. The first-order chi connectivity index (χ1) is 11.8. The maximum absolute atomic E-state index is 12.4. The Hall–Kier alpha value is -2.55. The molecule has 0 spiro atoms. The van der Waals surface area contributed by atoms with Gasteiger partial charge < -0.3 is 10.2 Å². The Balaban J connectivity index is 1.55. The highest BCUT2D eigenvalue weighted by molar-refractivity contribution is 5.95. The van der Waals surface area contributed by atoms with Gasteiger partial charge in [-0.15, -0.1) is 0 Å². The molecule has 1 atom stereocenters. The number of allylic oxidation sites excluding steroid dienone is 2. The van der Waals surface area contributed by atoms with Crippen LogP contribution in [-0.4, -0.2) is 12.5 Å². The van der Waals surface area contributed by atoms with Crippen molar-refractivity contribution in [2.75, 3.05) is 16.8 Å². The van der Waals surface area contributed by atoms with Crippen LogP contribution < -0.4 is 10.2 Å². The van der Waals surface area contributed by atoms with Crippen molar-refractivity contribution >= 4 is 23.0 Å². The van der Waals surface area contributed by atoms with E-state index in [1.54, 1.807) is 0 Å². The lowest BCUT2D eigenvalue weighted by molar-refractivity contribution is -0.116. The Morgan fingerprint density at radius 1 is 1.08 bits per heavy atom. The number of nitrogens with zero attached hydrogens (tertiary/aromatic N) is 1. The summed E-state index contributed by atoms with van der Waals surface area (Å²) in [5.74, 6) is 0.496. The van der Waals surface area contributed by atoms with Crippen LogP contribution in [0, 0.1) is 5.92 Å². The third-order valence-corrected chi connectivity index (χ3v) is 4.92. The molecule has 0 fully saturated rings. The van der Waals surface area contributed by atoms with Gasteiger partial charge in [-0.1, -0.05) is 42.5 Å². The molecular formula is C21H22N2O. The Bertz CT molecular complexity index is 781. The number of amides is 1. The maximum Gasteiger partial charge on any atom is 0.225 e. The Labute approximate surface area is 143 Å². The number of nitrogens with one attached hydrogen (secondary N) is 1. The molecule has 0 aromatic heterocycles. The number of rotatable bonds is 4. The zero-order chi connectivity index (χ0) is 16.4. The first-order valence-electron chi connectivity index (χ1n) is 8.72. The summed E-state index contributed by atoms with van der Waals surface area (Å²) in [7, 11) is 0. The number of para-hydroxylation sites is 3. The van der Waals surface area contributed by atoms with Crippen molar-refractivity contribution < 1.29 is 4.79 Å². The minimum Gasteiger partial charge on any atom is -0.339 e. The van der Waals surface area contributed by atoms with Crippen LogP contribution in [0.5, 0.6) is 0 Å². The van der Waals surface area contributed by atoms with Crippen molar-refractivity contribution in [1.82, 2.24) is 0 Å². The molecule has 1 aliphatic carbocycles. The highest BCUT2D eigenvalue weighted by Gasteiger charge is 2.22. The first-order valence-corrected chi connectivity index (χ1v) is 8.72. The molecule has 24 heavy (non-hydrogen) atoms. The molecule has 122 valence electrons. The number of fused-ring (bicyclic) bond motifs is 1. The fourth-order valence-corrected chi connectivity index (χ4v) is 3.71. The van der Waals surface area contributed by atoms with Gasteiger partial charge in [0.15, 0.2) is 0 Å². The van der Waals surface area contributed by atoms with Gasteiger partial charge in [-0.25, -0.2) is 0 Å². The van der Waals surface area contributed by atoms with E-state index in [2.05, 4.69) is 52.7 Å². The van der Waals surface area contributed by atoms with Crippen LogP contribution in [0.3, 0.4) is 0 Å². The standard InChI is InChI=1S/C21H22N2O/c24-21(15-16-7-1-2-8-16)22-18-10-4-6-12-20(18)23-14-13-17-9-3-5-11-19(17)23/h1,3-7,9-12,16H,2,8,13-15H2,(H,22,24). The number of hydrogen-bond acceptors (Lipinski definition) is 2. The molecule has 1 heterocycles. The van der Waals surface area contributed by atoms with E-state index < -0.39 is 0 Å². The Morgan fingerprint density at radius 3 is 2.71 bits per heavy atom. The SMILES string of the molecule is O=C(CC1C=CCC1)Nc1ccccc1N1CCc2ccccc21. The van der Waals surface area contributed by atoms with Crippen LogP contribution >= 0.6 is 0 Å². The van der Waals surface area contributed by atoms with Gasteiger partial charge in [0.25, 0.3) is 0 Å². The molecule has 2 aromatic rings. The highest BCUT2D eigenvalue weighted by Crippen LogP contribution is 2.38. The number of carbonyl (C=O) groups is 1. The number of benzene rings is 2. The summed E-state index contributed by atoms with van der Waals surface area (Å²) in [6.45, 7) is 0.956. The topological polar surface area (TPSA) is 32.3 Å². The molecule has 0 radical (unpaired) electrons. The lowest BCUT2D eigenvalue weighted by Gasteiger charge is -2.23. The predicted molar refractivity (Wildman–Crippen MR) is 98.7 cm³/mol. The summed E-state index contributed by atoms with van der Waals surface area (Å²) in [6.07, 6.45) is 8.15. The maximum atomic E-state index is 12.4. The van der Waals surface area contributed by atoms with Gasteiger partial charge in [0, 0.05) is 18.7 Å². The van der Waals surface area contributed by atoms with Crippen molar-refractivity contribution in [2.24, 2.45) is 5.92 Å². The van der Waals surface area contributed by atoms with Gasteiger partial charge in [-0.2, -0.15) is 0 Å². The molecule has 1 unspecified atom stereocenters. The van der Waals surface area contributed by atoms with Crippen molar-refractivity contribution in [3.05, 3.63) is 66.2 Å². The van der Waals surface area contributed by atoms with Crippen molar-refractivity contribution in [3.8, 4) is 0 Å². The smallest absolute Gasteiger partial charge is 0.225 e. The van der Waals surface area contributed by atoms with E-state index in [9.17, 15) is 4.79 Å². The van der Waals surface area contributed by atoms with Crippen LogP contribution in [-0.2, 0) is 11.2 Å². The van der Waals surface area contributed by atoms with Gasteiger partial charge >= 0.3 is 0 Å². The lowest BCUT2D eigenvalue weighted by atomic mass is 10.0. The van der Waals surface area contributed by atoms with Crippen LogP contribution in [0.15, 0.2) is 60.7 Å². The van der Waals surface area contributed by atoms with Gasteiger partial charge in [0.1, 0.15) is 0 Å². The minimum absolute atomic E-state index is 0.103. The third-order valence-electron chi connectivity index (χ3n) is 4.92. The molecule has 0 bridgehead atoms. The van der Waals surface area contributed by atoms with Crippen LogP contribution in [0.2, 0.25) is 0 Å². The third kappa shape index (κ3) is 2.94. The fraction of sp³-hybridized carbons (Fsp3) is 0.286. The van der Waals surface area contributed by atoms with E-state index in [4.69, 9.17) is 0 Å². The lowest BCUT2D eigenvalue weighted by Crippen LogP contribution is -2.19. The second-order valence-electron chi connectivity index (χ2n) is 6.57.